The maximum absolute atomic E-state index is 15.7. The second-order valence-electron chi connectivity index (χ2n) is 9.10. The minimum absolute atomic E-state index is 0.0266. The first-order chi connectivity index (χ1) is 12.1. The van der Waals surface area contributed by atoms with Crippen molar-refractivity contribution >= 4 is 7.60 Å². The van der Waals surface area contributed by atoms with Crippen molar-refractivity contribution in [1.29, 1.82) is 0 Å². The largest absolute Gasteiger partial charge is 0.384 e. The first kappa shape index (κ1) is 24.3. The van der Waals surface area contributed by atoms with Gasteiger partial charge in [-0.25, -0.2) is 4.39 Å². The van der Waals surface area contributed by atoms with Gasteiger partial charge in [-0.2, -0.15) is 0 Å². The number of hydrogen-bond acceptors (Lipinski definition) is 4. The van der Waals surface area contributed by atoms with Crippen LogP contribution in [-0.4, -0.2) is 23.7 Å². The number of alkyl halides is 1. The maximum atomic E-state index is 15.7. The van der Waals surface area contributed by atoms with Gasteiger partial charge in [0.05, 0.1) is 13.2 Å². The van der Waals surface area contributed by atoms with Gasteiger partial charge in [0.25, 0.3) is 0 Å². The number of aliphatic hydroxyl groups excluding tert-OH is 1. The first-order valence-electron chi connectivity index (χ1n) is 9.52. The second-order valence-corrected chi connectivity index (χ2v) is 11.5. The highest BCUT2D eigenvalue weighted by atomic mass is 31.2. The molecule has 0 saturated carbocycles. The van der Waals surface area contributed by atoms with Crippen LogP contribution in [0.2, 0.25) is 0 Å². The van der Waals surface area contributed by atoms with Crippen LogP contribution in [0, 0.1) is 0 Å². The van der Waals surface area contributed by atoms with Crippen molar-refractivity contribution < 1.29 is 23.1 Å². The van der Waals surface area contributed by atoms with Crippen LogP contribution >= 0.6 is 7.60 Å². The average Bonchev–Trinajstić information content (AvgIpc) is 2.52. The van der Waals surface area contributed by atoms with E-state index in [1.807, 2.05) is 0 Å². The molecule has 1 N–H and O–H groups in total. The van der Waals surface area contributed by atoms with Crippen LogP contribution in [0.15, 0.2) is 18.2 Å². The Morgan fingerprint density at radius 3 is 1.59 bits per heavy atom. The van der Waals surface area contributed by atoms with Gasteiger partial charge in [-0.05, 0) is 48.3 Å². The summed E-state index contributed by atoms with van der Waals surface area (Å²) in [7, 11) is -4.17. The highest BCUT2D eigenvalue weighted by Gasteiger charge is 2.54. The molecule has 0 spiro atoms. The summed E-state index contributed by atoms with van der Waals surface area (Å²) < 4.78 is 39.1. The minimum Gasteiger partial charge on any atom is -0.384 e. The van der Waals surface area contributed by atoms with E-state index in [9.17, 15) is 9.67 Å². The third-order valence-corrected chi connectivity index (χ3v) is 7.15. The van der Waals surface area contributed by atoms with E-state index < -0.39 is 19.1 Å². The molecule has 2 atom stereocenters. The van der Waals surface area contributed by atoms with Crippen molar-refractivity contribution in [2.45, 2.75) is 84.7 Å². The molecule has 156 valence electrons. The van der Waals surface area contributed by atoms with Gasteiger partial charge in [0.15, 0.2) is 0 Å². The molecule has 0 amide bonds. The molecule has 1 aromatic carbocycles. The maximum Gasteiger partial charge on any atom is 0.370 e. The van der Waals surface area contributed by atoms with Crippen LogP contribution < -0.4 is 0 Å². The molecule has 0 radical (unpaired) electrons. The van der Waals surface area contributed by atoms with E-state index in [-0.39, 0.29) is 24.0 Å². The van der Waals surface area contributed by atoms with E-state index in [1.54, 1.807) is 26.0 Å². The van der Waals surface area contributed by atoms with Crippen molar-refractivity contribution in [3.8, 4) is 0 Å². The van der Waals surface area contributed by atoms with Gasteiger partial charge in [0, 0.05) is 0 Å². The topological polar surface area (TPSA) is 55.8 Å². The highest BCUT2D eigenvalue weighted by Crippen LogP contribution is 2.65. The third kappa shape index (κ3) is 5.41. The molecule has 2 unspecified atom stereocenters. The Bertz CT molecular complexity index is 644. The summed E-state index contributed by atoms with van der Waals surface area (Å²) in [6.45, 7) is 16.7. The molecule has 1 aromatic rings. The lowest BCUT2D eigenvalue weighted by Gasteiger charge is -2.34. The van der Waals surface area contributed by atoms with Crippen LogP contribution in [0.5, 0.6) is 0 Å². The summed E-state index contributed by atoms with van der Waals surface area (Å²) in [6.07, 6.45) is -1.65. The van der Waals surface area contributed by atoms with Gasteiger partial charge in [-0.3, -0.25) is 4.57 Å². The number of rotatable bonds is 7. The first-order valence-corrected chi connectivity index (χ1v) is 11.1. The fraction of sp³-hybridized carbons (Fsp3) is 0.714. The molecule has 0 fully saturated rings. The predicted octanol–water partition coefficient (Wildman–Crippen LogP) is 6.27. The summed E-state index contributed by atoms with van der Waals surface area (Å²) in [4.78, 5) is 0. The Balaban J connectivity index is 3.56. The molecule has 0 bridgehead atoms. The summed E-state index contributed by atoms with van der Waals surface area (Å²) in [5.74, 6) is 0. The van der Waals surface area contributed by atoms with Gasteiger partial charge in [0.2, 0.25) is 5.41 Å². The van der Waals surface area contributed by atoms with E-state index >= 15 is 4.39 Å². The molecule has 0 aliphatic carbocycles. The molecule has 0 aromatic heterocycles. The Kier molecular flexibility index (Phi) is 7.49. The Morgan fingerprint density at radius 2 is 1.30 bits per heavy atom. The fourth-order valence-electron chi connectivity index (χ4n) is 2.76. The summed E-state index contributed by atoms with van der Waals surface area (Å²) in [6, 6.07) is 5.64. The molecule has 0 heterocycles. The standard InChI is InChI=1S/C21H36FO4P/c1-10-25-27(24,26-11-2)21(9,22)18(23)15-12-16(19(3,4)5)14-17(13-15)20(6,7)8/h12-14,18,23H,10-11H2,1-9H3. The van der Waals surface area contributed by atoms with E-state index in [0.29, 0.717) is 5.56 Å². The van der Waals surface area contributed by atoms with Crippen molar-refractivity contribution in [2.75, 3.05) is 13.2 Å². The Labute approximate surface area is 164 Å². The summed E-state index contributed by atoms with van der Waals surface area (Å²) in [5.41, 5.74) is 1.94. The zero-order valence-corrected chi connectivity index (χ0v) is 19.1. The van der Waals surface area contributed by atoms with E-state index in [2.05, 4.69) is 47.6 Å². The monoisotopic (exact) mass is 402 g/mol. The Hall–Kier alpha value is -0.740. The average molecular weight is 402 g/mol. The lowest BCUT2D eigenvalue weighted by molar-refractivity contribution is 0.0290. The predicted molar refractivity (Wildman–Crippen MR) is 109 cm³/mol. The number of halogens is 1. The molecule has 27 heavy (non-hydrogen) atoms. The van der Waals surface area contributed by atoms with E-state index in [1.165, 1.54) is 0 Å². The number of aliphatic hydroxyl groups is 1. The van der Waals surface area contributed by atoms with Crippen LogP contribution in [0.25, 0.3) is 0 Å². The second kappa shape index (κ2) is 8.32. The minimum atomic E-state index is -4.17. The quantitative estimate of drug-likeness (QED) is 0.546. The summed E-state index contributed by atoms with van der Waals surface area (Å²) >= 11 is 0. The molecule has 0 aliphatic rings. The van der Waals surface area contributed by atoms with Crippen LogP contribution in [0.1, 0.15) is 85.1 Å². The van der Waals surface area contributed by atoms with Crippen LogP contribution in [0.4, 0.5) is 4.39 Å². The van der Waals surface area contributed by atoms with Gasteiger partial charge in [0.1, 0.15) is 6.10 Å². The molecule has 0 saturated heterocycles. The van der Waals surface area contributed by atoms with Crippen LogP contribution in [-0.2, 0) is 24.4 Å². The fourth-order valence-corrected chi connectivity index (χ4v) is 4.47. The van der Waals surface area contributed by atoms with Gasteiger partial charge in [-0.15, -0.1) is 0 Å². The van der Waals surface area contributed by atoms with Gasteiger partial charge < -0.3 is 14.2 Å². The molecular formula is C21H36FO4P. The molecule has 6 heteroatoms. The summed E-state index contributed by atoms with van der Waals surface area (Å²) in [5, 5.41) is 8.33. The van der Waals surface area contributed by atoms with Crippen molar-refractivity contribution in [1.82, 2.24) is 0 Å². The third-order valence-electron chi connectivity index (χ3n) is 4.64. The van der Waals surface area contributed by atoms with E-state index in [4.69, 9.17) is 9.05 Å². The van der Waals surface area contributed by atoms with Crippen molar-refractivity contribution in [3.05, 3.63) is 34.9 Å². The van der Waals surface area contributed by atoms with Crippen LogP contribution in [0.3, 0.4) is 0 Å². The highest BCUT2D eigenvalue weighted by molar-refractivity contribution is 7.55. The van der Waals surface area contributed by atoms with Gasteiger partial charge >= 0.3 is 7.60 Å². The molecular weight excluding hydrogens is 366 g/mol. The van der Waals surface area contributed by atoms with E-state index in [0.717, 1.165) is 18.1 Å². The molecule has 0 aliphatic heterocycles. The lowest BCUT2D eigenvalue weighted by atomic mass is 9.79. The van der Waals surface area contributed by atoms with Crippen molar-refractivity contribution in [2.24, 2.45) is 0 Å². The zero-order valence-electron chi connectivity index (χ0n) is 18.2. The lowest BCUT2D eigenvalue weighted by Crippen LogP contribution is -2.31. The Morgan fingerprint density at radius 1 is 0.926 bits per heavy atom. The molecule has 4 nitrogen and oxygen atoms in total. The van der Waals surface area contributed by atoms with Gasteiger partial charge in [-0.1, -0.05) is 59.7 Å². The molecule has 1 rings (SSSR count). The number of benzene rings is 1. The van der Waals surface area contributed by atoms with Crippen molar-refractivity contribution in [3.63, 3.8) is 0 Å². The number of hydrogen-bond donors (Lipinski definition) is 1. The SMILES string of the molecule is CCOP(=O)(OCC)C(C)(F)C(O)c1cc(C(C)(C)C)cc(C(C)(C)C)c1. The smallest absolute Gasteiger partial charge is 0.370 e. The normalized spacial score (nSPS) is 16.9. The zero-order chi connectivity index (χ0) is 21.3.